The van der Waals surface area contributed by atoms with Crippen LogP contribution in [0.5, 0.6) is 0 Å². The van der Waals surface area contributed by atoms with Gasteiger partial charge in [0.25, 0.3) is 0 Å². The topological polar surface area (TPSA) is 52.0 Å². The van der Waals surface area contributed by atoms with Gasteiger partial charge in [-0.2, -0.15) is 0 Å². The molecule has 0 aliphatic carbocycles. The van der Waals surface area contributed by atoms with E-state index < -0.39 is 0 Å². The average molecular weight is 266 g/mol. The maximum atomic E-state index is 6.21. The van der Waals surface area contributed by atoms with Gasteiger partial charge in [-0.3, -0.25) is 4.98 Å². The summed E-state index contributed by atoms with van der Waals surface area (Å²) in [7, 11) is 0. The highest BCUT2D eigenvalue weighted by Gasteiger charge is 2.12. The summed E-state index contributed by atoms with van der Waals surface area (Å²) in [6, 6.07) is 16.0. The number of nitrogens with zero attached hydrogens (tertiary/aromatic N) is 1. The predicted octanol–water partition coefficient (Wildman–Crippen LogP) is 3.63. The Balaban J connectivity index is 1.81. The summed E-state index contributed by atoms with van der Waals surface area (Å²) in [4.78, 5) is 4.65. The molecule has 1 unspecified atom stereocenters. The standard InChI is InChI=1S/C17H18N2O/c1-2-14-9-10-17(20-14)15(18)11-13-8-7-12-5-3-4-6-16(12)19-13/h3-10,15H,2,11,18H2,1H3. The van der Waals surface area contributed by atoms with E-state index in [1.54, 1.807) is 0 Å². The number of fused-ring (bicyclic) bond motifs is 1. The lowest BCUT2D eigenvalue weighted by atomic mass is 10.1. The Morgan fingerprint density at radius 3 is 2.75 bits per heavy atom. The van der Waals surface area contributed by atoms with Gasteiger partial charge in [-0.25, -0.2) is 0 Å². The first-order valence-corrected chi connectivity index (χ1v) is 6.95. The molecule has 20 heavy (non-hydrogen) atoms. The van der Waals surface area contributed by atoms with Crippen molar-refractivity contribution < 1.29 is 4.42 Å². The normalized spacial score (nSPS) is 12.7. The van der Waals surface area contributed by atoms with Crippen molar-refractivity contribution in [2.24, 2.45) is 5.73 Å². The van der Waals surface area contributed by atoms with Crippen molar-refractivity contribution in [3.8, 4) is 0 Å². The van der Waals surface area contributed by atoms with Gasteiger partial charge in [-0.15, -0.1) is 0 Å². The third-order valence-corrected chi connectivity index (χ3v) is 3.48. The average Bonchev–Trinajstić information content (AvgIpc) is 2.96. The lowest BCUT2D eigenvalue weighted by Crippen LogP contribution is -2.13. The van der Waals surface area contributed by atoms with Crippen molar-refractivity contribution in [1.29, 1.82) is 0 Å². The van der Waals surface area contributed by atoms with Crippen LogP contribution in [-0.4, -0.2) is 4.98 Å². The summed E-state index contributed by atoms with van der Waals surface area (Å²) in [5.41, 5.74) is 8.20. The van der Waals surface area contributed by atoms with Crippen LogP contribution in [-0.2, 0) is 12.8 Å². The van der Waals surface area contributed by atoms with E-state index in [0.717, 1.165) is 34.5 Å². The molecule has 2 heterocycles. The smallest absolute Gasteiger partial charge is 0.121 e. The van der Waals surface area contributed by atoms with E-state index in [1.807, 2.05) is 36.4 Å². The largest absolute Gasteiger partial charge is 0.464 e. The molecular weight excluding hydrogens is 248 g/mol. The molecule has 0 amide bonds. The molecule has 3 nitrogen and oxygen atoms in total. The Labute approximate surface area is 118 Å². The summed E-state index contributed by atoms with van der Waals surface area (Å²) in [5, 5.41) is 1.15. The first-order chi connectivity index (χ1) is 9.76. The molecule has 0 aliphatic heterocycles. The zero-order valence-electron chi connectivity index (χ0n) is 11.5. The second kappa shape index (κ2) is 5.47. The number of aromatic nitrogens is 1. The van der Waals surface area contributed by atoms with E-state index >= 15 is 0 Å². The van der Waals surface area contributed by atoms with Crippen LogP contribution in [0.25, 0.3) is 10.9 Å². The number of furan rings is 1. The second-order valence-corrected chi connectivity index (χ2v) is 4.96. The Bertz CT molecular complexity index is 718. The molecule has 1 atom stereocenters. The summed E-state index contributed by atoms with van der Waals surface area (Å²) >= 11 is 0. The molecule has 3 rings (SSSR count). The van der Waals surface area contributed by atoms with E-state index in [9.17, 15) is 0 Å². The Kier molecular flexibility index (Phi) is 3.52. The van der Waals surface area contributed by atoms with Gasteiger partial charge in [0.1, 0.15) is 11.5 Å². The van der Waals surface area contributed by atoms with E-state index in [4.69, 9.17) is 10.2 Å². The third-order valence-electron chi connectivity index (χ3n) is 3.48. The molecule has 102 valence electrons. The first kappa shape index (κ1) is 12.9. The summed E-state index contributed by atoms with van der Waals surface area (Å²) in [5.74, 6) is 1.80. The van der Waals surface area contributed by atoms with E-state index in [1.165, 1.54) is 0 Å². The van der Waals surface area contributed by atoms with Crippen LogP contribution in [0.4, 0.5) is 0 Å². The molecule has 0 spiro atoms. The van der Waals surface area contributed by atoms with Crippen LogP contribution in [0, 0.1) is 0 Å². The van der Waals surface area contributed by atoms with Gasteiger partial charge in [0.2, 0.25) is 0 Å². The SMILES string of the molecule is CCc1ccc(C(N)Cc2ccc3ccccc3n2)o1. The molecule has 0 fully saturated rings. The molecule has 0 bridgehead atoms. The van der Waals surface area contributed by atoms with Crippen molar-refractivity contribution in [1.82, 2.24) is 4.98 Å². The Morgan fingerprint density at radius 2 is 1.95 bits per heavy atom. The van der Waals surface area contributed by atoms with Crippen LogP contribution in [0.3, 0.4) is 0 Å². The van der Waals surface area contributed by atoms with Crippen molar-refractivity contribution in [3.05, 3.63) is 65.7 Å². The summed E-state index contributed by atoms with van der Waals surface area (Å²) in [6.07, 6.45) is 1.57. The van der Waals surface area contributed by atoms with Crippen LogP contribution in [0.1, 0.15) is 30.2 Å². The van der Waals surface area contributed by atoms with Gasteiger partial charge in [-0.05, 0) is 24.3 Å². The summed E-state index contributed by atoms with van der Waals surface area (Å²) < 4.78 is 5.70. The minimum atomic E-state index is -0.149. The third kappa shape index (κ3) is 2.58. The zero-order valence-corrected chi connectivity index (χ0v) is 11.5. The number of pyridine rings is 1. The van der Waals surface area contributed by atoms with Crippen LogP contribution in [0.15, 0.2) is 52.9 Å². The highest BCUT2D eigenvalue weighted by molar-refractivity contribution is 5.78. The fourth-order valence-electron chi connectivity index (χ4n) is 2.33. The van der Waals surface area contributed by atoms with E-state index in [-0.39, 0.29) is 6.04 Å². The van der Waals surface area contributed by atoms with Crippen molar-refractivity contribution in [3.63, 3.8) is 0 Å². The number of nitrogens with two attached hydrogens (primary N) is 1. The molecular formula is C17H18N2O. The highest BCUT2D eigenvalue weighted by atomic mass is 16.3. The van der Waals surface area contributed by atoms with Gasteiger partial charge in [0, 0.05) is 23.9 Å². The number of para-hydroxylation sites is 1. The lowest BCUT2D eigenvalue weighted by molar-refractivity contribution is 0.433. The lowest BCUT2D eigenvalue weighted by Gasteiger charge is -2.09. The molecule has 3 aromatic rings. The maximum Gasteiger partial charge on any atom is 0.121 e. The number of aryl methyl sites for hydroxylation is 1. The van der Waals surface area contributed by atoms with Gasteiger partial charge < -0.3 is 10.2 Å². The molecule has 0 saturated carbocycles. The Hall–Kier alpha value is -2.13. The molecule has 2 aromatic heterocycles. The number of hydrogen-bond donors (Lipinski definition) is 1. The first-order valence-electron chi connectivity index (χ1n) is 6.95. The van der Waals surface area contributed by atoms with Crippen molar-refractivity contribution in [2.75, 3.05) is 0 Å². The van der Waals surface area contributed by atoms with Gasteiger partial charge >= 0.3 is 0 Å². The highest BCUT2D eigenvalue weighted by Crippen LogP contribution is 2.20. The minimum absolute atomic E-state index is 0.149. The number of hydrogen-bond acceptors (Lipinski definition) is 3. The quantitative estimate of drug-likeness (QED) is 0.784. The minimum Gasteiger partial charge on any atom is -0.464 e. The summed E-state index contributed by atoms with van der Waals surface area (Å²) in [6.45, 7) is 2.07. The molecule has 0 saturated heterocycles. The molecule has 0 radical (unpaired) electrons. The monoisotopic (exact) mass is 266 g/mol. The van der Waals surface area contributed by atoms with Gasteiger partial charge in [0.05, 0.1) is 11.6 Å². The fraction of sp³-hybridized carbons (Fsp3) is 0.235. The van der Waals surface area contributed by atoms with Crippen LogP contribution < -0.4 is 5.73 Å². The predicted molar refractivity (Wildman–Crippen MR) is 80.5 cm³/mol. The number of rotatable bonds is 4. The maximum absolute atomic E-state index is 6.21. The van der Waals surface area contributed by atoms with Gasteiger partial charge in [-0.1, -0.05) is 31.2 Å². The van der Waals surface area contributed by atoms with Crippen LogP contribution in [0.2, 0.25) is 0 Å². The van der Waals surface area contributed by atoms with Crippen molar-refractivity contribution in [2.45, 2.75) is 25.8 Å². The molecule has 0 aliphatic rings. The second-order valence-electron chi connectivity index (χ2n) is 4.96. The molecule has 2 N–H and O–H groups in total. The number of benzene rings is 1. The van der Waals surface area contributed by atoms with Crippen LogP contribution >= 0.6 is 0 Å². The fourth-order valence-corrected chi connectivity index (χ4v) is 2.33. The van der Waals surface area contributed by atoms with Gasteiger partial charge in [0.15, 0.2) is 0 Å². The molecule has 3 heteroatoms. The molecule has 1 aromatic carbocycles. The van der Waals surface area contributed by atoms with E-state index in [2.05, 4.69) is 24.0 Å². The Morgan fingerprint density at radius 1 is 1.10 bits per heavy atom. The van der Waals surface area contributed by atoms with E-state index in [0.29, 0.717) is 6.42 Å². The zero-order chi connectivity index (χ0) is 13.9. The van der Waals surface area contributed by atoms with Crippen molar-refractivity contribution >= 4 is 10.9 Å².